The van der Waals surface area contributed by atoms with Gasteiger partial charge in [-0.15, -0.1) is 0 Å². The number of rotatable bonds is 5. The summed E-state index contributed by atoms with van der Waals surface area (Å²) < 4.78 is 0. The largest absolute Gasteiger partial charge is 0.337 e. The van der Waals surface area contributed by atoms with Crippen molar-refractivity contribution in [2.24, 2.45) is 0 Å². The molecule has 1 amide bonds. The highest BCUT2D eigenvalue weighted by molar-refractivity contribution is 5.82. The number of amides is 1. The Kier molecular flexibility index (Phi) is 6.49. The third-order valence-electron chi connectivity index (χ3n) is 5.33. The molecule has 0 bridgehead atoms. The van der Waals surface area contributed by atoms with E-state index in [0.29, 0.717) is 11.9 Å². The molecule has 0 unspecified atom stereocenters. The topological polar surface area (TPSA) is 26.8 Å². The fraction of sp³-hybridized carbons (Fsp3) is 0.941. The van der Waals surface area contributed by atoms with Gasteiger partial charge in [0, 0.05) is 19.1 Å². The molecule has 2 aliphatic rings. The number of likely N-dealkylation sites (N-methyl/N-ethyl adjacent to an activating group) is 2. The van der Waals surface area contributed by atoms with Crippen LogP contribution in [0, 0.1) is 0 Å². The van der Waals surface area contributed by atoms with Crippen molar-refractivity contribution >= 4 is 5.91 Å². The van der Waals surface area contributed by atoms with Crippen molar-refractivity contribution in [1.82, 2.24) is 14.7 Å². The molecule has 4 heteroatoms. The molecule has 0 aromatic rings. The highest BCUT2D eigenvalue weighted by atomic mass is 16.2. The predicted octanol–water partition coefficient (Wildman–Crippen LogP) is 2.19. The van der Waals surface area contributed by atoms with Gasteiger partial charge >= 0.3 is 0 Å². The zero-order chi connectivity index (χ0) is 15.2. The Morgan fingerprint density at radius 2 is 1.81 bits per heavy atom. The van der Waals surface area contributed by atoms with Gasteiger partial charge < -0.3 is 9.80 Å². The van der Waals surface area contributed by atoms with Crippen molar-refractivity contribution in [3.8, 4) is 0 Å². The van der Waals surface area contributed by atoms with Crippen LogP contribution in [0.3, 0.4) is 0 Å². The molecule has 2 atom stereocenters. The van der Waals surface area contributed by atoms with Gasteiger partial charge in [0.15, 0.2) is 0 Å². The van der Waals surface area contributed by atoms with Gasteiger partial charge in [-0.05, 0) is 52.4 Å². The highest BCUT2D eigenvalue weighted by Gasteiger charge is 2.35. The zero-order valence-electron chi connectivity index (χ0n) is 14.2. The van der Waals surface area contributed by atoms with Crippen molar-refractivity contribution < 1.29 is 4.79 Å². The lowest BCUT2D eigenvalue weighted by atomic mass is 10.1. The van der Waals surface area contributed by atoms with Gasteiger partial charge in [-0.3, -0.25) is 9.69 Å². The highest BCUT2D eigenvalue weighted by Crippen LogP contribution is 2.23. The SMILES string of the molecule is CCN(CC)C[C@@H]1CCCN1C(=O)[C@@H]1CCCCCN1C. The summed E-state index contributed by atoms with van der Waals surface area (Å²) in [5.74, 6) is 0.397. The summed E-state index contributed by atoms with van der Waals surface area (Å²) in [5, 5.41) is 0. The Hall–Kier alpha value is -0.610. The van der Waals surface area contributed by atoms with Crippen LogP contribution in [0.4, 0.5) is 0 Å². The smallest absolute Gasteiger partial charge is 0.240 e. The number of carbonyl (C=O) groups excluding carboxylic acids is 1. The predicted molar refractivity (Wildman–Crippen MR) is 87.4 cm³/mol. The van der Waals surface area contributed by atoms with Crippen LogP contribution in [0.25, 0.3) is 0 Å². The van der Waals surface area contributed by atoms with E-state index in [1.807, 2.05) is 0 Å². The molecule has 2 rings (SSSR count). The van der Waals surface area contributed by atoms with Crippen LogP contribution in [0.5, 0.6) is 0 Å². The molecule has 122 valence electrons. The second kappa shape index (κ2) is 8.14. The molecule has 0 aliphatic carbocycles. The molecule has 2 heterocycles. The van der Waals surface area contributed by atoms with Crippen LogP contribution < -0.4 is 0 Å². The van der Waals surface area contributed by atoms with Crippen molar-refractivity contribution in [3.05, 3.63) is 0 Å². The van der Waals surface area contributed by atoms with Crippen LogP contribution in [0.1, 0.15) is 52.4 Å². The average Bonchev–Trinajstić information content (AvgIpc) is 2.85. The summed E-state index contributed by atoms with van der Waals surface area (Å²) >= 11 is 0. The van der Waals surface area contributed by atoms with Crippen molar-refractivity contribution in [2.75, 3.05) is 39.8 Å². The number of hydrogen-bond donors (Lipinski definition) is 0. The Balaban J connectivity index is 1.99. The van der Waals surface area contributed by atoms with E-state index in [-0.39, 0.29) is 6.04 Å². The Bertz CT molecular complexity index is 330. The lowest BCUT2D eigenvalue weighted by molar-refractivity contribution is -0.137. The molecular formula is C17H33N3O. The molecule has 4 nitrogen and oxygen atoms in total. The van der Waals surface area contributed by atoms with Crippen LogP contribution in [0.2, 0.25) is 0 Å². The summed E-state index contributed by atoms with van der Waals surface area (Å²) in [6, 6.07) is 0.568. The van der Waals surface area contributed by atoms with Gasteiger partial charge in [-0.2, -0.15) is 0 Å². The second-order valence-electron chi connectivity index (χ2n) is 6.66. The number of likely N-dealkylation sites (tertiary alicyclic amines) is 2. The second-order valence-corrected chi connectivity index (χ2v) is 6.66. The molecule has 0 N–H and O–H groups in total. The van der Waals surface area contributed by atoms with Gasteiger partial charge in [0.05, 0.1) is 6.04 Å². The Morgan fingerprint density at radius 3 is 2.52 bits per heavy atom. The first kappa shape index (κ1) is 16.8. The summed E-state index contributed by atoms with van der Waals surface area (Å²) in [6.07, 6.45) is 7.12. The minimum absolute atomic E-state index is 0.129. The quantitative estimate of drug-likeness (QED) is 0.778. The summed E-state index contributed by atoms with van der Waals surface area (Å²) in [4.78, 5) is 19.9. The maximum absolute atomic E-state index is 13.0. The first-order chi connectivity index (χ1) is 10.2. The van der Waals surface area contributed by atoms with Crippen LogP contribution in [0.15, 0.2) is 0 Å². The van der Waals surface area contributed by atoms with E-state index >= 15 is 0 Å². The van der Waals surface area contributed by atoms with E-state index in [4.69, 9.17) is 0 Å². The van der Waals surface area contributed by atoms with Crippen LogP contribution in [-0.2, 0) is 4.79 Å². The van der Waals surface area contributed by atoms with Gasteiger partial charge in [0.2, 0.25) is 5.91 Å². The maximum atomic E-state index is 13.0. The van der Waals surface area contributed by atoms with Crippen LogP contribution in [-0.4, -0.2) is 72.5 Å². The van der Waals surface area contributed by atoms with Gasteiger partial charge in [-0.25, -0.2) is 0 Å². The number of hydrogen-bond acceptors (Lipinski definition) is 3. The molecular weight excluding hydrogens is 262 g/mol. The fourth-order valence-corrected chi connectivity index (χ4v) is 3.85. The van der Waals surface area contributed by atoms with E-state index in [1.54, 1.807) is 0 Å². The summed E-state index contributed by atoms with van der Waals surface area (Å²) in [5.41, 5.74) is 0. The van der Waals surface area contributed by atoms with Gasteiger partial charge in [-0.1, -0.05) is 26.7 Å². The minimum Gasteiger partial charge on any atom is -0.337 e. The molecule has 0 aromatic carbocycles. The van der Waals surface area contributed by atoms with Gasteiger partial charge in [0.25, 0.3) is 0 Å². The Labute approximate surface area is 130 Å². The van der Waals surface area contributed by atoms with E-state index in [1.165, 1.54) is 32.1 Å². The summed E-state index contributed by atoms with van der Waals surface area (Å²) in [7, 11) is 2.13. The standard InChI is InChI=1S/C17H33N3O/c1-4-19(5-2)14-15-10-9-13-20(15)17(21)16-11-7-6-8-12-18(16)3/h15-16H,4-14H2,1-3H3/t15-,16-/m0/s1. The lowest BCUT2D eigenvalue weighted by Gasteiger charge is -2.34. The van der Waals surface area contributed by atoms with E-state index in [9.17, 15) is 4.79 Å². The third-order valence-corrected chi connectivity index (χ3v) is 5.33. The number of carbonyl (C=O) groups is 1. The number of nitrogens with zero attached hydrogens (tertiary/aromatic N) is 3. The van der Waals surface area contributed by atoms with E-state index in [0.717, 1.165) is 39.1 Å². The molecule has 2 saturated heterocycles. The molecule has 0 radical (unpaired) electrons. The average molecular weight is 295 g/mol. The first-order valence-electron chi connectivity index (χ1n) is 8.90. The normalized spacial score (nSPS) is 28.1. The van der Waals surface area contributed by atoms with Crippen molar-refractivity contribution in [3.63, 3.8) is 0 Å². The van der Waals surface area contributed by atoms with E-state index < -0.39 is 0 Å². The molecule has 0 spiro atoms. The van der Waals surface area contributed by atoms with E-state index in [2.05, 4.69) is 35.6 Å². The molecule has 21 heavy (non-hydrogen) atoms. The summed E-state index contributed by atoms with van der Waals surface area (Å²) in [6.45, 7) is 9.68. The first-order valence-corrected chi connectivity index (χ1v) is 8.90. The van der Waals surface area contributed by atoms with Crippen molar-refractivity contribution in [1.29, 1.82) is 0 Å². The lowest BCUT2D eigenvalue weighted by Crippen LogP contribution is -2.51. The molecule has 0 aromatic heterocycles. The zero-order valence-corrected chi connectivity index (χ0v) is 14.2. The maximum Gasteiger partial charge on any atom is 0.240 e. The monoisotopic (exact) mass is 295 g/mol. The minimum atomic E-state index is 0.129. The van der Waals surface area contributed by atoms with Crippen LogP contribution >= 0.6 is 0 Å². The van der Waals surface area contributed by atoms with Gasteiger partial charge in [0.1, 0.15) is 0 Å². The molecule has 2 fully saturated rings. The molecule has 2 aliphatic heterocycles. The Morgan fingerprint density at radius 1 is 1.05 bits per heavy atom. The third kappa shape index (κ3) is 4.19. The fourth-order valence-electron chi connectivity index (χ4n) is 3.85. The molecule has 0 saturated carbocycles. The van der Waals surface area contributed by atoms with Crippen molar-refractivity contribution in [2.45, 2.75) is 64.5 Å².